The highest BCUT2D eigenvalue weighted by Gasteiger charge is 2.10. The second-order valence-electron chi connectivity index (χ2n) is 4.65. The summed E-state index contributed by atoms with van der Waals surface area (Å²) in [6, 6.07) is 7.82. The maximum absolute atomic E-state index is 10.7. The molecule has 0 aliphatic rings. The van der Waals surface area contributed by atoms with E-state index in [1.54, 1.807) is 25.1 Å². The third-order valence-corrected chi connectivity index (χ3v) is 3.08. The molecule has 0 saturated carbocycles. The Labute approximate surface area is 122 Å². The number of aliphatic hydroxyl groups is 1. The molecule has 1 N–H and O–H groups in total. The molecule has 1 atom stereocenters. The molecule has 6 nitrogen and oxygen atoms in total. The molecular formula is C15H16N2O4. The quantitative estimate of drug-likeness (QED) is 0.672. The van der Waals surface area contributed by atoms with Crippen LogP contribution in [-0.4, -0.2) is 15.0 Å². The fourth-order valence-corrected chi connectivity index (χ4v) is 1.85. The molecule has 0 unspecified atom stereocenters. The van der Waals surface area contributed by atoms with Gasteiger partial charge < -0.3 is 9.84 Å². The zero-order chi connectivity index (χ0) is 15.4. The van der Waals surface area contributed by atoms with Crippen LogP contribution < -0.4 is 4.74 Å². The summed E-state index contributed by atoms with van der Waals surface area (Å²) < 4.78 is 5.65. The minimum absolute atomic E-state index is 0.0272. The van der Waals surface area contributed by atoms with E-state index in [2.05, 4.69) is 4.98 Å². The molecule has 0 saturated heterocycles. The average Bonchev–Trinajstić information content (AvgIpc) is 2.49. The van der Waals surface area contributed by atoms with E-state index in [-0.39, 0.29) is 5.69 Å². The number of aryl methyl sites for hydroxylation is 1. The molecule has 0 aliphatic heterocycles. The number of hydrogen-bond acceptors (Lipinski definition) is 5. The van der Waals surface area contributed by atoms with Gasteiger partial charge in [-0.1, -0.05) is 6.92 Å². The van der Waals surface area contributed by atoms with Crippen LogP contribution in [0.4, 0.5) is 5.69 Å². The Bertz CT molecular complexity index is 641. The van der Waals surface area contributed by atoms with Crippen molar-refractivity contribution < 1.29 is 14.8 Å². The molecule has 1 aromatic heterocycles. The molecule has 0 spiro atoms. The Morgan fingerprint density at radius 1 is 1.38 bits per heavy atom. The highest BCUT2D eigenvalue weighted by Crippen LogP contribution is 2.28. The Balaban J connectivity index is 2.16. The van der Waals surface area contributed by atoms with Gasteiger partial charge in [-0.25, -0.2) is 0 Å². The van der Waals surface area contributed by atoms with Crippen LogP contribution in [-0.2, 0) is 0 Å². The first-order chi connectivity index (χ1) is 10.0. The van der Waals surface area contributed by atoms with Gasteiger partial charge in [0.05, 0.1) is 22.9 Å². The lowest BCUT2D eigenvalue weighted by Crippen LogP contribution is -1.98. The van der Waals surface area contributed by atoms with Gasteiger partial charge in [-0.05, 0) is 37.1 Å². The molecule has 0 amide bonds. The highest BCUT2D eigenvalue weighted by molar-refractivity contribution is 5.44. The second-order valence-corrected chi connectivity index (χ2v) is 4.65. The summed E-state index contributed by atoms with van der Waals surface area (Å²) in [4.78, 5) is 14.4. The Kier molecular flexibility index (Phi) is 4.49. The van der Waals surface area contributed by atoms with Gasteiger partial charge in [0.15, 0.2) is 0 Å². The molecule has 1 aromatic carbocycles. The second kappa shape index (κ2) is 6.32. The molecule has 0 radical (unpaired) electrons. The molecule has 0 fully saturated rings. The van der Waals surface area contributed by atoms with Crippen LogP contribution in [0.1, 0.15) is 30.7 Å². The van der Waals surface area contributed by atoms with E-state index in [0.29, 0.717) is 29.2 Å². The van der Waals surface area contributed by atoms with E-state index in [4.69, 9.17) is 4.74 Å². The third kappa shape index (κ3) is 3.55. The normalized spacial score (nSPS) is 12.0. The molecule has 21 heavy (non-hydrogen) atoms. The van der Waals surface area contributed by atoms with Crippen molar-refractivity contribution in [1.29, 1.82) is 0 Å². The maximum Gasteiger partial charge on any atom is 0.269 e. The third-order valence-electron chi connectivity index (χ3n) is 3.08. The number of benzene rings is 1. The van der Waals surface area contributed by atoms with Gasteiger partial charge in [-0.3, -0.25) is 15.1 Å². The smallest absolute Gasteiger partial charge is 0.269 e. The number of aliphatic hydroxyl groups excluding tert-OH is 1. The van der Waals surface area contributed by atoms with Crippen molar-refractivity contribution in [3.05, 3.63) is 57.9 Å². The molecule has 0 aliphatic carbocycles. The van der Waals surface area contributed by atoms with E-state index in [1.165, 1.54) is 18.3 Å². The van der Waals surface area contributed by atoms with Crippen LogP contribution in [0, 0.1) is 17.0 Å². The van der Waals surface area contributed by atoms with Gasteiger partial charge in [0.25, 0.3) is 5.69 Å². The fourth-order valence-electron chi connectivity index (χ4n) is 1.85. The predicted molar refractivity (Wildman–Crippen MR) is 77.4 cm³/mol. The van der Waals surface area contributed by atoms with E-state index in [9.17, 15) is 15.2 Å². The summed E-state index contributed by atoms with van der Waals surface area (Å²) >= 11 is 0. The van der Waals surface area contributed by atoms with Crippen molar-refractivity contribution in [2.75, 3.05) is 0 Å². The van der Waals surface area contributed by atoms with Gasteiger partial charge >= 0.3 is 0 Å². The summed E-state index contributed by atoms with van der Waals surface area (Å²) in [7, 11) is 0. The number of nitro groups is 1. The minimum atomic E-state index is -0.583. The van der Waals surface area contributed by atoms with Gasteiger partial charge in [0.2, 0.25) is 0 Å². The fraction of sp³-hybridized carbons (Fsp3) is 0.267. The molecule has 2 aromatic rings. The Hall–Kier alpha value is -2.47. The summed E-state index contributed by atoms with van der Waals surface area (Å²) in [6.07, 6.45) is 1.53. The van der Waals surface area contributed by atoms with Crippen LogP contribution in [0.5, 0.6) is 11.5 Å². The zero-order valence-corrected chi connectivity index (χ0v) is 11.8. The first kappa shape index (κ1) is 14.9. The van der Waals surface area contributed by atoms with Gasteiger partial charge in [-0.2, -0.15) is 0 Å². The van der Waals surface area contributed by atoms with Gasteiger partial charge in [-0.15, -0.1) is 0 Å². The average molecular weight is 288 g/mol. The SMILES string of the molecule is CC[C@H](O)c1ccc(Oc2ccc([N+](=O)[O-])cc2C)cn1. The lowest BCUT2D eigenvalue weighted by Gasteiger charge is -2.10. The summed E-state index contributed by atoms with van der Waals surface area (Å²) in [6.45, 7) is 3.61. The lowest BCUT2D eigenvalue weighted by atomic mass is 10.2. The van der Waals surface area contributed by atoms with E-state index in [0.717, 1.165) is 0 Å². The zero-order valence-electron chi connectivity index (χ0n) is 11.8. The van der Waals surface area contributed by atoms with E-state index < -0.39 is 11.0 Å². The van der Waals surface area contributed by atoms with Crippen molar-refractivity contribution in [1.82, 2.24) is 4.98 Å². The number of hydrogen-bond donors (Lipinski definition) is 1. The number of non-ortho nitro benzene ring substituents is 1. The van der Waals surface area contributed by atoms with Crippen LogP contribution in [0.3, 0.4) is 0 Å². The van der Waals surface area contributed by atoms with Gasteiger partial charge in [0, 0.05) is 12.1 Å². The standard InChI is InChI=1S/C15H16N2O4/c1-3-14(18)13-6-5-12(9-16-13)21-15-7-4-11(17(19)20)8-10(15)2/h4-9,14,18H,3H2,1-2H3/t14-/m0/s1. The molecule has 2 rings (SSSR count). The number of aromatic nitrogens is 1. The number of pyridine rings is 1. The first-order valence-electron chi connectivity index (χ1n) is 6.58. The summed E-state index contributed by atoms with van der Waals surface area (Å²) in [5, 5.41) is 20.4. The van der Waals surface area contributed by atoms with Crippen molar-refractivity contribution in [3.63, 3.8) is 0 Å². The maximum atomic E-state index is 10.7. The van der Waals surface area contributed by atoms with E-state index >= 15 is 0 Å². The van der Waals surface area contributed by atoms with Gasteiger partial charge in [0.1, 0.15) is 11.5 Å². The van der Waals surface area contributed by atoms with Crippen molar-refractivity contribution >= 4 is 5.69 Å². The lowest BCUT2D eigenvalue weighted by molar-refractivity contribution is -0.384. The number of rotatable bonds is 5. The molecule has 110 valence electrons. The Morgan fingerprint density at radius 3 is 2.67 bits per heavy atom. The molecular weight excluding hydrogens is 272 g/mol. The minimum Gasteiger partial charge on any atom is -0.455 e. The largest absolute Gasteiger partial charge is 0.455 e. The van der Waals surface area contributed by atoms with Crippen LogP contribution in [0.15, 0.2) is 36.5 Å². The van der Waals surface area contributed by atoms with Crippen LogP contribution in [0.25, 0.3) is 0 Å². The highest BCUT2D eigenvalue weighted by atomic mass is 16.6. The first-order valence-corrected chi connectivity index (χ1v) is 6.58. The van der Waals surface area contributed by atoms with Crippen molar-refractivity contribution in [2.45, 2.75) is 26.4 Å². The molecule has 1 heterocycles. The number of ether oxygens (including phenoxy) is 1. The Morgan fingerprint density at radius 2 is 2.14 bits per heavy atom. The molecule has 6 heteroatoms. The summed E-state index contributed by atoms with van der Waals surface area (Å²) in [5.74, 6) is 1.05. The number of nitrogens with zero attached hydrogens (tertiary/aromatic N) is 2. The van der Waals surface area contributed by atoms with E-state index in [1.807, 2.05) is 6.92 Å². The summed E-state index contributed by atoms with van der Waals surface area (Å²) in [5.41, 5.74) is 1.28. The monoisotopic (exact) mass is 288 g/mol. The van der Waals surface area contributed by atoms with Crippen molar-refractivity contribution in [3.8, 4) is 11.5 Å². The van der Waals surface area contributed by atoms with Crippen LogP contribution in [0.2, 0.25) is 0 Å². The topological polar surface area (TPSA) is 85.5 Å². The van der Waals surface area contributed by atoms with Crippen molar-refractivity contribution in [2.24, 2.45) is 0 Å². The van der Waals surface area contributed by atoms with Crippen LogP contribution >= 0.6 is 0 Å². The number of nitro benzene ring substituents is 1. The predicted octanol–water partition coefficient (Wildman–Crippen LogP) is 3.53. The molecule has 0 bridgehead atoms.